The predicted molar refractivity (Wildman–Crippen MR) is 103 cm³/mol. The molecule has 5 nitrogen and oxygen atoms in total. The van der Waals surface area contributed by atoms with E-state index in [1.54, 1.807) is 0 Å². The van der Waals surface area contributed by atoms with Crippen LogP contribution in [0.5, 0.6) is 0 Å². The number of rotatable bonds is 4. The van der Waals surface area contributed by atoms with Crippen molar-refractivity contribution < 1.29 is 4.79 Å². The average Bonchev–Trinajstić information content (AvgIpc) is 3.20. The van der Waals surface area contributed by atoms with Crippen molar-refractivity contribution in [2.45, 2.75) is 50.6 Å². The minimum atomic E-state index is -0.106. The lowest BCUT2D eigenvalue weighted by Crippen LogP contribution is -2.54. The summed E-state index contributed by atoms with van der Waals surface area (Å²) in [5.74, 6) is 1.14. The molecule has 2 aliphatic heterocycles. The van der Waals surface area contributed by atoms with E-state index in [9.17, 15) is 4.79 Å². The molecule has 5 heteroatoms. The van der Waals surface area contributed by atoms with Gasteiger partial charge in [0.1, 0.15) is 6.04 Å². The van der Waals surface area contributed by atoms with Gasteiger partial charge in [0.2, 0.25) is 5.91 Å². The molecule has 3 aliphatic rings. The van der Waals surface area contributed by atoms with Crippen LogP contribution in [-0.2, 0) is 4.79 Å². The lowest BCUT2D eigenvalue weighted by Gasteiger charge is -2.38. The van der Waals surface area contributed by atoms with Crippen molar-refractivity contribution in [1.29, 1.82) is 0 Å². The normalized spacial score (nSPS) is 28.4. The Kier molecular flexibility index (Phi) is 5.88. The molecule has 0 radical (unpaired) electrons. The van der Waals surface area contributed by atoms with Crippen LogP contribution in [-0.4, -0.2) is 54.5 Å². The van der Waals surface area contributed by atoms with E-state index in [2.05, 4.69) is 44.9 Å². The number of carbonyl (C=O) groups is 1. The van der Waals surface area contributed by atoms with Gasteiger partial charge >= 0.3 is 0 Å². The molecule has 0 aromatic heterocycles. The maximum absolute atomic E-state index is 12.9. The summed E-state index contributed by atoms with van der Waals surface area (Å²) in [6, 6.07) is 10.5. The minimum Gasteiger partial charge on any atom is -0.339 e. The first-order valence-electron chi connectivity index (χ1n) is 10.4. The molecule has 1 saturated carbocycles. The molecule has 2 heterocycles. The average molecular weight is 357 g/mol. The fourth-order valence-corrected chi connectivity index (χ4v) is 4.73. The molecule has 1 aliphatic carbocycles. The maximum atomic E-state index is 12.9. The molecule has 1 aromatic carbocycles. The first-order chi connectivity index (χ1) is 12.8. The zero-order chi connectivity index (χ0) is 17.8. The molecule has 2 saturated heterocycles. The smallest absolute Gasteiger partial charge is 0.241 e. The number of hydrazine groups is 1. The number of carbonyl (C=O) groups excluding carboxylic acids is 1. The fourth-order valence-electron chi connectivity index (χ4n) is 4.73. The van der Waals surface area contributed by atoms with E-state index in [0.29, 0.717) is 0 Å². The zero-order valence-corrected chi connectivity index (χ0v) is 15.7. The number of nitrogens with zero attached hydrogens (tertiary/aromatic N) is 2. The Hall–Kier alpha value is -1.43. The number of benzene rings is 1. The van der Waals surface area contributed by atoms with E-state index < -0.39 is 0 Å². The third kappa shape index (κ3) is 4.27. The van der Waals surface area contributed by atoms with Crippen molar-refractivity contribution in [1.82, 2.24) is 20.7 Å². The standard InChI is InChI=1S/C21H32N4O/c26-21(20-15-19(22-23-20)18-9-5-2-6-10-18)25-13-11-24(12-14-25)16-17-7-3-1-4-8-17/h2,5-6,9-10,17,19-20,22-23H,1,3-4,7-8,11-16H2. The Morgan fingerprint density at radius 3 is 2.42 bits per heavy atom. The summed E-state index contributed by atoms with van der Waals surface area (Å²) in [6.07, 6.45) is 7.86. The molecule has 142 valence electrons. The van der Waals surface area contributed by atoms with Gasteiger partial charge in [-0.3, -0.25) is 9.69 Å². The van der Waals surface area contributed by atoms with E-state index in [0.717, 1.165) is 38.5 Å². The summed E-state index contributed by atoms with van der Waals surface area (Å²) in [6.45, 7) is 5.05. The van der Waals surface area contributed by atoms with E-state index >= 15 is 0 Å². The second-order valence-corrected chi connectivity index (χ2v) is 8.17. The molecular weight excluding hydrogens is 324 g/mol. The molecule has 0 spiro atoms. The van der Waals surface area contributed by atoms with Gasteiger partial charge in [0, 0.05) is 38.8 Å². The van der Waals surface area contributed by atoms with Crippen LogP contribution in [0.2, 0.25) is 0 Å². The van der Waals surface area contributed by atoms with E-state index in [1.165, 1.54) is 44.2 Å². The quantitative estimate of drug-likeness (QED) is 0.869. The molecule has 3 fully saturated rings. The fraction of sp³-hybridized carbons (Fsp3) is 0.667. The number of piperazine rings is 1. The van der Waals surface area contributed by atoms with Crippen molar-refractivity contribution in [2.24, 2.45) is 5.92 Å². The highest BCUT2D eigenvalue weighted by Gasteiger charge is 2.34. The number of nitrogens with one attached hydrogen (secondary N) is 2. The van der Waals surface area contributed by atoms with Crippen LogP contribution < -0.4 is 10.9 Å². The summed E-state index contributed by atoms with van der Waals surface area (Å²) >= 11 is 0. The molecule has 1 aromatic rings. The highest BCUT2D eigenvalue weighted by molar-refractivity contribution is 5.82. The second-order valence-electron chi connectivity index (χ2n) is 8.17. The highest BCUT2D eigenvalue weighted by Crippen LogP contribution is 2.25. The monoisotopic (exact) mass is 356 g/mol. The summed E-state index contributed by atoms with van der Waals surface area (Å²) in [5.41, 5.74) is 7.77. The van der Waals surface area contributed by atoms with E-state index in [1.807, 2.05) is 6.07 Å². The third-order valence-electron chi connectivity index (χ3n) is 6.33. The van der Waals surface area contributed by atoms with Crippen molar-refractivity contribution in [3.05, 3.63) is 35.9 Å². The molecule has 4 rings (SSSR count). The molecule has 2 N–H and O–H groups in total. The summed E-state index contributed by atoms with van der Waals surface area (Å²) in [7, 11) is 0. The van der Waals surface area contributed by atoms with E-state index in [-0.39, 0.29) is 18.0 Å². The van der Waals surface area contributed by atoms with Gasteiger partial charge in [-0.2, -0.15) is 0 Å². The largest absolute Gasteiger partial charge is 0.339 e. The lowest BCUT2D eigenvalue weighted by atomic mass is 9.89. The molecule has 1 amide bonds. The molecular formula is C21H32N4O. The van der Waals surface area contributed by atoms with Crippen LogP contribution in [0.15, 0.2) is 30.3 Å². The Balaban J connectivity index is 1.23. The number of hydrogen-bond acceptors (Lipinski definition) is 4. The Bertz CT molecular complexity index is 579. The molecule has 2 atom stereocenters. The van der Waals surface area contributed by atoms with Gasteiger partial charge in [-0.25, -0.2) is 10.9 Å². The van der Waals surface area contributed by atoms with Crippen LogP contribution in [0.3, 0.4) is 0 Å². The summed E-state index contributed by atoms with van der Waals surface area (Å²) in [5, 5.41) is 0. The third-order valence-corrected chi connectivity index (χ3v) is 6.33. The summed E-state index contributed by atoms with van der Waals surface area (Å²) in [4.78, 5) is 17.5. The SMILES string of the molecule is O=C(C1CC(c2ccccc2)NN1)N1CCN(CC2CCCCC2)CC1. The van der Waals surface area contributed by atoms with E-state index in [4.69, 9.17) is 0 Å². The van der Waals surface area contributed by atoms with Crippen LogP contribution in [0.4, 0.5) is 0 Å². The van der Waals surface area contributed by atoms with Gasteiger partial charge in [-0.1, -0.05) is 49.6 Å². The minimum absolute atomic E-state index is 0.106. The highest BCUT2D eigenvalue weighted by atomic mass is 16.2. The topological polar surface area (TPSA) is 47.6 Å². The van der Waals surface area contributed by atoms with Crippen molar-refractivity contribution in [3.8, 4) is 0 Å². The Morgan fingerprint density at radius 1 is 0.962 bits per heavy atom. The zero-order valence-electron chi connectivity index (χ0n) is 15.7. The predicted octanol–water partition coefficient (Wildman–Crippen LogP) is 2.32. The van der Waals surface area contributed by atoms with Gasteiger partial charge in [0.05, 0.1) is 0 Å². The molecule has 2 unspecified atom stereocenters. The first-order valence-corrected chi connectivity index (χ1v) is 10.4. The van der Waals surface area contributed by atoms with Gasteiger partial charge in [0.15, 0.2) is 0 Å². The van der Waals surface area contributed by atoms with Crippen LogP contribution in [0, 0.1) is 5.92 Å². The van der Waals surface area contributed by atoms with Crippen molar-refractivity contribution in [2.75, 3.05) is 32.7 Å². The number of amides is 1. The molecule has 26 heavy (non-hydrogen) atoms. The number of hydrogen-bond donors (Lipinski definition) is 2. The van der Waals surface area contributed by atoms with Crippen LogP contribution >= 0.6 is 0 Å². The second kappa shape index (κ2) is 8.51. The van der Waals surface area contributed by atoms with Crippen molar-refractivity contribution >= 4 is 5.91 Å². The Morgan fingerprint density at radius 2 is 1.69 bits per heavy atom. The van der Waals surface area contributed by atoms with Crippen LogP contribution in [0.25, 0.3) is 0 Å². The Labute approximate surface area is 157 Å². The first kappa shape index (κ1) is 18.0. The van der Waals surface area contributed by atoms with Gasteiger partial charge in [-0.05, 0) is 30.7 Å². The van der Waals surface area contributed by atoms with Gasteiger partial charge in [0.25, 0.3) is 0 Å². The molecule has 0 bridgehead atoms. The van der Waals surface area contributed by atoms with Crippen molar-refractivity contribution in [3.63, 3.8) is 0 Å². The summed E-state index contributed by atoms with van der Waals surface area (Å²) < 4.78 is 0. The lowest BCUT2D eigenvalue weighted by molar-refractivity contribution is -0.135. The van der Waals surface area contributed by atoms with Gasteiger partial charge in [-0.15, -0.1) is 0 Å². The van der Waals surface area contributed by atoms with Gasteiger partial charge < -0.3 is 4.90 Å². The maximum Gasteiger partial charge on any atom is 0.241 e. The van der Waals surface area contributed by atoms with Crippen LogP contribution in [0.1, 0.15) is 50.1 Å².